The third-order valence-corrected chi connectivity index (χ3v) is 8.12. The first-order chi connectivity index (χ1) is 17.6. The number of hydrogen-bond donors (Lipinski definition) is 0. The molecule has 0 saturated heterocycles. The summed E-state index contributed by atoms with van der Waals surface area (Å²) in [6, 6.07) is 21.3. The summed E-state index contributed by atoms with van der Waals surface area (Å²) < 4.78 is 13.7. The SMILES string of the molecule is COc1ccc(OC)c(C2C3=C(N=c4sc(=Cc5ccccc5Cl)c(=O)n42)c2ccccc2CC3)c1. The summed E-state index contributed by atoms with van der Waals surface area (Å²) in [7, 11) is 3.29. The van der Waals surface area contributed by atoms with Gasteiger partial charge in [-0.2, -0.15) is 0 Å². The Morgan fingerprint density at radius 1 is 1.03 bits per heavy atom. The normalized spacial score (nSPS) is 16.6. The van der Waals surface area contributed by atoms with Crippen LogP contribution in [0, 0.1) is 0 Å². The predicted molar refractivity (Wildman–Crippen MR) is 144 cm³/mol. The first-order valence-electron chi connectivity index (χ1n) is 11.7. The van der Waals surface area contributed by atoms with E-state index in [9.17, 15) is 4.79 Å². The highest BCUT2D eigenvalue weighted by molar-refractivity contribution is 7.07. The molecule has 5 nitrogen and oxygen atoms in total. The van der Waals surface area contributed by atoms with Crippen molar-refractivity contribution < 1.29 is 9.47 Å². The summed E-state index contributed by atoms with van der Waals surface area (Å²) in [5.74, 6) is 1.41. The van der Waals surface area contributed by atoms with Crippen molar-refractivity contribution in [2.75, 3.05) is 14.2 Å². The van der Waals surface area contributed by atoms with E-state index in [2.05, 4.69) is 18.2 Å². The van der Waals surface area contributed by atoms with Gasteiger partial charge in [-0.1, -0.05) is 65.4 Å². The largest absolute Gasteiger partial charge is 0.497 e. The van der Waals surface area contributed by atoms with Crippen LogP contribution in [0.2, 0.25) is 5.02 Å². The maximum atomic E-state index is 13.9. The topological polar surface area (TPSA) is 52.8 Å². The Morgan fingerprint density at radius 3 is 2.64 bits per heavy atom. The Kier molecular flexibility index (Phi) is 5.78. The lowest BCUT2D eigenvalue weighted by molar-refractivity contribution is 0.392. The van der Waals surface area contributed by atoms with Crippen LogP contribution >= 0.6 is 22.9 Å². The second-order valence-electron chi connectivity index (χ2n) is 8.74. The molecule has 0 radical (unpaired) electrons. The van der Waals surface area contributed by atoms with E-state index in [1.807, 2.05) is 54.6 Å². The molecule has 3 aromatic carbocycles. The fraction of sp³-hybridized carbons (Fsp3) is 0.172. The number of nitrogens with zero attached hydrogens (tertiary/aromatic N) is 2. The number of aromatic nitrogens is 1. The molecule has 1 aliphatic carbocycles. The number of aryl methyl sites for hydroxylation is 1. The summed E-state index contributed by atoms with van der Waals surface area (Å²) in [6.07, 6.45) is 3.54. The van der Waals surface area contributed by atoms with E-state index in [0.29, 0.717) is 25.9 Å². The Balaban J connectivity index is 1.67. The van der Waals surface area contributed by atoms with E-state index in [-0.39, 0.29) is 11.6 Å². The third-order valence-electron chi connectivity index (χ3n) is 6.80. The monoisotopic (exact) mass is 514 g/mol. The predicted octanol–water partition coefficient (Wildman–Crippen LogP) is 4.99. The lowest BCUT2D eigenvalue weighted by Crippen LogP contribution is -2.39. The van der Waals surface area contributed by atoms with Crippen LogP contribution in [0.1, 0.15) is 34.7 Å². The van der Waals surface area contributed by atoms with Crippen molar-refractivity contribution in [2.24, 2.45) is 4.99 Å². The van der Waals surface area contributed by atoms with Gasteiger partial charge in [-0.15, -0.1) is 0 Å². The zero-order valence-electron chi connectivity index (χ0n) is 19.8. The number of thiazole rings is 1. The van der Waals surface area contributed by atoms with Gasteiger partial charge in [-0.3, -0.25) is 9.36 Å². The van der Waals surface area contributed by atoms with E-state index in [0.717, 1.165) is 40.8 Å². The maximum Gasteiger partial charge on any atom is 0.271 e. The second-order valence-corrected chi connectivity index (χ2v) is 10.2. The van der Waals surface area contributed by atoms with Crippen LogP contribution in [0.25, 0.3) is 11.8 Å². The number of allylic oxidation sites excluding steroid dienone is 1. The molecule has 0 N–H and O–H groups in total. The molecule has 0 amide bonds. The second kappa shape index (κ2) is 9.12. The first kappa shape index (κ1) is 22.8. The van der Waals surface area contributed by atoms with Crippen LogP contribution in [0.5, 0.6) is 11.5 Å². The molecular weight excluding hydrogens is 492 g/mol. The standard InChI is InChI=1S/C29H23ClN2O3S/c1-34-19-12-14-24(35-2)22(16-19)27-21-13-11-17-7-3-5-9-20(17)26(21)31-29-32(27)28(33)25(36-29)15-18-8-4-6-10-23(18)30/h3-10,12,14-16,27H,11,13H2,1-2H3. The minimum Gasteiger partial charge on any atom is -0.497 e. The van der Waals surface area contributed by atoms with Crippen molar-refractivity contribution in [2.45, 2.75) is 18.9 Å². The summed E-state index contributed by atoms with van der Waals surface area (Å²) in [5.41, 5.74) is 6.02. The molecule has 7 heteroatoms. The zero-order valence-corrected chi connectivity index (χ0v) is 21.4. The van der Waals surface area contributed by atoms with Gasteiger partial charge in [0, 0.05) is 16.1 Å². The fourth-order valence-electron chi connectivity index (χ4n) is 5.09. The summed E-state index contributed by atoms with van der Waals surface area (Å²) in [5, 5.41) is 0.600. The lowest BCUT2D eigenvalue weighted by atomic mass is 9.83. The number of rotatable bonds is 4. The van der Waals surface area contributed by atoms with Crippen LogP contribution < -0.4 is 24.4 Å². The number of hydrogen-bond acceptors (Lipinski definition) is 5. The number of methoxy groups -OCH3 is 2. The molecule has 0 saturated carbocycles. The quantitative estimate of drug-likeness (QED) is 0.385. The molecule has 180 valence electrons. The van der Waals surface area contributed by atoms with Gasteiger partial charge < -0.3 is 9.47 Å². The molecule has 1 aromatic heterocycles. The molecule has 2 aliphatic rings. The summed E-state index contributed by atoms with van der Waals surface area (Å²) >= 11 is 7.79. The Bertz CT molecular complexity index is 1720. The smallest absolute Gasteiger partial charge is 0.271 e. The van der Waals surface area contributed by atoms with Crippen LogP contribution in [0.3, 0.4) is 0 Å². The minimum absolute atomic E-state index is 0.0982. The van der Waals surface area contributed by atoms with Crippen molar-refractivity contribution in [3.63, 3.8) is 0 Å². The van der Waals surface area contributed by atoms with Gasteiger partial charge in [0.1, 0.15) is 11.5 Å². The molecule has 0 fully saturated rings. The molecule has 0 spiro atoms. The van der Waals surface area contributed by atoms with Gasteiger partial charge in [0.05, 0.1) is 30.5 Å². The molecule has 6 rings (SSSR count). The van der Waals surface area contributed by atoms with Gasteiger partial charge >= 0.3 is 0 Å². The molecule has 36 heavy (non-hydrogen) atoms. The molecule has 1 aliphatic heterocycles. The van der Waals surface area contributed by atoms with Crippen LogP contribution in [-0.2, 0) is 6.42 Å². The van der Waals surface area contributed by atoms with Gasteiger partial charge in [0.15, 0.2) is 4.80 Å². The zero-order chi connectivity index (χ0) is 24.8. The van der Waals surface area contributed by atoms with Gasteiger partial charge in [-0.05, 0) is 59.9 Å². The molecule has 1 atom stereocenters. The van der Waals surface area contributed by atoms with Gasteiger partial charge in [0.2, 0.25) is 0 Å². The minimum atomic E-state index is -0.358. The van der Waals surface area contributed by atoms with E-state index < -0.39 is 0 Å². The molecular formula is C29H23ClN2O3S. The van der Waals surface area contributed by atoms with E-state index in [4.69, 9.17) is 26.1 Å². The lowest BCUT2D eigenvalue weighted by Gasteiger charge is -2.31. The van der Waals surface area contributed by atoms with Crippen LogP contribution in [0.4, 0.5) is 0 Å². The fourth-order valence-corrected chi connectivity index (χ4v) is 6.27. The van der Waals surface area contributed by atoms with Crippen LogP contribution in [0.15, 0.2) is 82.1 Å². The number of benzene rings is 3. The van der Waals surface area contributed by atoms with Gasteiger partial charge in [-0.25, -0.2) is 4.99 Å². The van der Waals surface area contributed by atoms with Crippen molar-refractivity contribution in [3.8, 4) is 11.5 Å². The summed E-state index contributed by atoms with van der Waals surface area (Å²) in [4.78, 5) is 19.7. The average Bonchev–Trinajstić information content (AvgIpc) is 3.22. The molecule has 4 aromatic rings. The number of halogens is 1. The highest BCUT2D eigenvalue weighted by atomic mass is 35.5. The van der Waals surface area contributed by atoms with Crippen molar-refractivity contribution in [1.29, 1.82) is 0 Å². The van der Waals surface area contributed by atoms with E-state index in [1.165, 1.54) is 16.9 Å². The molecule has 0 bridgehead atoms. The molecule has 2 heterocycles. The highest BCUT2D eigenvalue weighted by Gasteiger charge is 2.34. The Hall–Kier alpha value is -3.61. The van der Waals surface area contributed by atoms with Crippen molar-refractivity contribution >= 4 is 34.7 Å². The molecule has 1 unspecified atom stereocenters. The first-order valence-corrected chi connectivity index (χ1v) is 12.9. The van der Waals surface area contributed by atoms with E-state index >= 15 is 0 Å². The average molecular weight is 515 g/mol. The highest BCUT2D eigenvalue weighted by Crippen LogP contribution is 2.44. The van der Waals surface area contributed by atoms with Crippen LogP contribution in [-0.4, -0.2) is 18.8 Å². The number of ether oxygens (including phenoxy) is 2. The Morgan fingerprint density at radius 2 is 1.83 bits per heavy atom. The van der Waals surface area contributed by atoms with Crippen molar-refractivity contribution in [1.82, 2.24) is 4.57 Å². The maximum absolute atomic E-state index is 13.9. The number of fused-ring (bicyclic) bond motifs is 3. The van der Waals surface area contributed by atoms with Gasteiger partial charge in [0.25, 0.3) is 5.56 Å². The Labute approximate surface area is 217 Å². The van der Waals surface area contributed by atoms with Crippen molar-refractivity contribution in [3.05, 3.63) is 119 Å². The van der Waals surface area contributed by atoms with E-state index in [1.54, 1.807) is 18.8 Å². The summed E-state index contributed by atoms with van der Waals surface area (Å²) in [6.45, 7) is 0. The third kappa shape index (κ3) is 3.69.